The minimum Gasteiger partial charge on any atom is -0.456 e. The largest absolute Gasteiger partial charge is 0.456 e. The van der Waals surface area contributed by atoms with E-state index in [0.717, 1.165) is 30.9 Å². The van der Waals surface area contributed by atoms with E-state index in [9.17, 15) is 4.79 Å². The van der Waals surface area contributed by atoms with Gasteiger partial charge in [-0.05, 0) is 46.7 Å². The topological polar surface area (TPSA) is 51.2 Å². The standard InChI is InChI=1S/C13H20N2O2S/c1-13(2,3)17-12(16)10-8-15-11(18-10)9-4-6-14-7-5-9/h8-9,14H,4-7H2,1-3H3. The molecule has 1 N–H and O–H groups in total. The average molecular weight is 268 g/mol. The highest BCUT2D eigenvalue weighted by atomic mass is 32.1. The molecule has 0 radical (unpaired) electrons. The van der Waals surface area contributed by atoms with Gasteiger partial charge in [-0.2, -0.15) is 0 Å². The average Bonchev–Trinajstić information content (AvgIpc) is 2.77. The molecule has 0 atom stereocenters. The van der Waals surface area contributed by atoms with Crippen molar-refractivity contribution in [2.24, 2.45) is 0 Å². The number of carbonyl (C=O) groups is 1. The molecule has 5 heteroatoms. The molecular formula is C13H20N2O2S. The molecule has 2 heterocycles. The van der Waals surface area contributed by atoms with E-state index >= 15 is 0 Å². The molecule has 100 valence electrons. The van der Waals surface area contributed by atoms with Crippen LogP contribution in [0.1, 0.15) is 54.2 Å². The van der Waals surface area contributed by atoms with Crippen LogP contribution in [0.2, 0.25) is 0 Å². The van der Waals surface area contributed by atoms with E-state index in [0.29, 0.717) is 10.8 Å². The molecule has 0 amide bonds. The van der Waals surface area contributed by atoms with Gasteiger partial charge in [-0.15, -0.1) is 11.3 Å². The first kappa shape index (κ1) is 13.5. The quantitative estimate of drug-likeness (QED) is 0.838. The number of aromatic nitrogens is 1. The number of hydrogen-bond donors (Lipinski definition) is 1. The van der Waals surface area contributed by atoms with Gasteiger partial charge < -0.3 is 10.1 Å². The summed E-state index contributed by atoms with van der Waals surface area (Å²) in [5, 5.41) is 4.40. The van der Waals surface area contributed by atoms with Crippen LogP contribution in [0.25, 0.3) is 0 Å². The Balaban J connectivity index is 2.03. The molecule has 1 aliphatic rings. The van der Waals surface area contributed by atoms with Gasteiger partial charge in [0.1, 0.15) is 10.5 Å². The maximum atomic E-state index is 11.9. The Morgan fingerprint density at radius 1 is 1.44 bits per heavy atom. The summed E-state index contributed by atoms with van der Waals surface area (Å²) in [5.74, 6) is 0.229. The van der Waals surface area contributed by atoms with Crippen LogP contribution < -0.4 is 5.32 Å². The molecule has 0 spiro atoms. The molecule has 0 bridgehead atoms. The zero-order chi connectivity index (χ0) is 13.2. The maximum absolute atomic E-state index is 11.9. The summed E-state index contributed by atoms with van der Waals surface area (Å²) in [4.78, 5) is 16.9. The van der Waals surface area contributed by atoms with Gasteiger partial charge in [-0.1, -0.05) is 0 Å². The number of thiazole rings is 1. The van der Waals surface area contributed by atoms with Crippen molar-refractivity contribution in [1.82, 2.24) is 10.3 Å². The van der Waals surface area contributed by atoms with Gasteiger partial charge in [0, 0.05) is 5.92 Å². The summed E-state index contributed by atoms with van der Waals surface area (Å²) in [6.07, 6.45) is 3.85. The van der Waals surface area contributed by atoms with Crippen molar-refractivity contribution in [1.29, 1.82) is 0 Å². The Kier molecular flexibility index (Phi) is 4.02. The lowest BCUT2D eigenvalue weighted by Crippen LogP contribution is -2.26. The van der Waals surface area contributed by atoms with Gasteiger partial charge in [0.25, 0.3) is 0 Å². The zero-order valence-electron chi connectivity index (χ0n) is 11.2. The highest BCUT2D eigenvalue weighted by Crippen LogP contribution is 2.29. The summed E-state index contributed by atoms with van der Waals surface area (Å²) in [5.41, 5.74) is -0.448. The number of rotatable bonds is 2. The minimum atomic E-state index is -0.448. The van der Waals surface area contributed by atoms with Crippen molar-refractivity contribution >= 4 is 17.3 Å². The Bertz CT molecular complexity index is 417. The van der Waals surface area contributed by atoms with Crippen molar-refractivity contribution in [3.63, 3.8) is 0 Å². The lowest BCUT2D eigenvalue weighted by Gasteiger charge is -2.20. The third-order valence-corrected chi connectivity index (χ3v) is 3.95. The van der Waals surface area contributed by atoms with Gasteiger partial charge in [0.05, 0.1) is 11.2 Å². The van der Waals surface area contributed by atoms with Crippen LogP contribution in [-0.4, -0.2) is 29.6 Å². The number of carbonyl (C=O) groups excluding carboxylic acids is 1. The summed E-state index contributed by atoms with van der Waals surface area (Å²) in [6.45, 7) is 7.69. The molecule has 1 aromatic heterocycles. The second-order valence-corrected chi connectivity index (χ2v) is 6.65. The molecule has 0 saturated carbocycles. The molecular weight excluding hydrogens is 248 g/mol. The van der Waals surface area contributed by atoms with Crippen LogP contribution in [0.15, 0.2) is 6.20 Å². The molecule has 0 aromatic carbocycles. The lowest BCUT2D eigenvalue weighted by molar-refractivity contribution is 0.00750. The van der Waals surface area contributed by atoms with Crippen LogP contribution in [0, 0.1) is 0 Å². The summed E-state index contributed by atoms with van der Waals surface area (Å²) in [6, 6.07) is 0. The Morgan fingerprint density at radius 2 is 2.11 bits per heavy atom. The summed E-state index contributed by atoms with van der Waals surface area (Å²) < 4.78 is 5.34. The van der Waals surface area contributed by atoms with E-state index in [1.165, 1.54) is 11.3 Å². The highest BCUT2D eigenvalue weighted by Gasteiger charge is 2.23. The molecule has 2 rings (SSSR count). The van der Waals surface area contributed by atoms with Gasteiger partial charge in [0.2, 0.25) is 0 Å². The lowest BCUT2D eigenvalue weighted by atomic mass is 9.99. The summed E-state index contributed by atoms with van der Waals surface area (Å²) >= 11 is 1.47. The van der Waals surface area contributed by atoms with Crippen molar-refractivity contribution in [3.8, 4) is 0 Å². The number of nitrogens with one attached hydrogen (secondary N) is 1. The molecule has 4 nitrogen and oxygen atoms in total. The normalized spacial score (nSPS) is 17.7. The van der Waals surface area contributed by atoms with Gasteiger partial charge in [0.15, 0.2) is 0 Å². The highest BCUT2D eigenvalue weighted by molar-refractivity contribution is 7.13. The van der Waals surface area contributed by atoms with Crippen LogP contribution in [0.3, 0.4) is 0 Å². The first-order chi connectivity index (χ1) is 8.46. The van der Waals surface area contributed by atoms with Crippen molar-refractivity contribution in [3.05, 3.63) is 16.1 Å². The van der Waals surface area contributed by atoms with Gasteiger partial charge in [-0.25, -0.2) is 9.78 Å². The zero-order valence-corrected chi connectivity index (χ0v) is 12.0. The molecule has 1 aliphatic heterocycles. The molecule has 1 aromatic rings. The van der Waals surface area contributed by atoms with Crippen LogP contribution >= 0.6 is 11.3 Å². The van der Waals surface area contributed by atoms with Crippen molar-refractivity contribution in [2.75, 3.05) is 13.1 Å². The maximum Gasteiger partial charge on any atom is 0.350 e. The van der Waals surface area contributed by atoms with E-state index in [4.69, 9.17) is 4.74 Å². The van der Waals surface area contributed by atoms with E-state index in [2.05, 4.69) is 10.3 Å². The second-order valence-electron chi connectivity index (χ2n) is 5.59. The number of hydrogen-bond acceptors (Lipinski definition) is 5. The SMILES string of the molecule is CC(C)(C)OC(=O)c1cnc(C2CCNCC2)s1. The molecule has 1 fully saturated rings. The monoisotopic (exact) mass is 268 g/mol. The van der Waals surface area contributed by atoms with Crippen molar-refractivity contribution < 1.29 is 9.53 Å². The third kappa shape index (κ3) is 3.53. The Hall–Kier alpha value is -0.940. The minimum absolute atomic E-state index is 0.264. The third-order valence-electron chi connectivity index (χ3n) is 2.81. The fraction of sp³-hybridized carbons (Fsp3) is 0.692. The van der Waals surface area contributed by atoms with Crippen LogP contribution in [0.4, 0.5) is 0 Å². The second kappa shape index (κ2) is 5.36. The summed E-state index contributed by atoms with van der Waals surface area (Å²) in [7, 11) is 0. The first-order valence-corrected chi connectivity index (χ1v) is 7.17. The number of piperidine rings is 1. The Labute approximate surface area is 112 Å². The fourth-order valence-electron chi connectivity index (χ4n) is 1.97. The predicted molar refractivity (Wildman–Crippen MR) is 72.1 cm³/mol. The van der Waals surface area contributed by atoms with E-state index in [-0.39, 0.29) is 5.97 Å². The van der Waals surface area contributed by atoms with Crippen LogP contribution in [-0.2, 0) is 4.74 Å². The predicted octanol–water partition coefficient (Wildman–Crippen LogP) is 2.57. The fourth-order valence-corrected chi connectivity index (χ4v) is 2.93. The van der Waals surface area contributed by atoms with E-state index in [1.807, 2.05) is 20.8 Å². The van der Waals surface area contributed by atoms with Gasteiger partial charge >= 0.3 is 5.97 Å². The number of nitrogens with zero attached hydrogens (tertiary/aromatic N) is 1. The van der Waals surface area contributed by atoms with Crippen molar-refractivity contribution in [2.45, 2.75) is 45.1 Å². The molecule has 0 unspecified atom stereocenters. The first-order valence-electron chi connectivity index (χ1n) is 6.35. The Morgan fingerprint density at radius 3 is 2.72 bits per heavy atom. The molecule has 0 aliphatic carbocycles. The number of esters is 1. The van der Waals surface area contributed by atoms with E-state index in [1.54, 1.807) is 6.20 Å². The molecule has 18 heavy (non-hydrogen) atoms. The smallest absolute Gasteiger partial charge is 0.350 e. The molecule has 1 saturated heterocycles. The number of ether oxygens (including phenoxy) is 1. The van der Waals surface area contributed by atoms with E-state index < -0.39 is 5.60 Å². The van der Waals surface area contributed by atoms with Crippen LogP contribution in [0.5, 0.6) is 0 Å². The van der Waals surface area contributed by atoms with Gasteiger partial charge in [-0.3, -0.25) is 0 Å².